The first-order valence-corrected chi connectivity index (χ1v) is 13.2. The minimum atomic E-state index is -0.704. The second-order valence-electron chi connectivity index (χ2n) is 10.2. The molecule has 4 amide bonds. The minimum absolute atomic E-state index is 0.189. The average molecular weight is 531 g/mol. The van der Waals surface area contributed by atoms with E-state index in [0.717, 1.165) is 33.3 Å². The van der Waals surface area contributed by atoms with Crippen molar-refractivity contribution in [1.29, 1.82) is 0 Å². The molecule has 2 atom stereocenters. The van der Waals surface area contributed by atoms with E-state index in [4.69, 9.17) is 4.42 Å². The number of aryl methyl sites for hydroxylation is 1. The third kappa shape index (κ3) is 3.71. The normalized spacial score (nSPS) is 18.2. The molecule has 0 radical (unpaired) electrons. The minimum Gasteiger partial charge on any atom is -0.467 e. The number of aromatic amines is 1. The van der Waals surface area contributed by atoms with E-state index < -0.39 is 24.0 Å². The molecule has 0 spiro atoms. The fourth-order valence-corrected chi connectivity index (χ4v) is 5.93. The monoisotopic (exact) mass is 530 g/mol. The fraction of sp³-hybridized carbons (Fsp3) is 0.156. The Labute approximate surface area is 230 Å². The number of benzene rings is 3. The van der Waals surface area contributed by atoms with Gasteiger partial charge in [0.2, 0.25) is 0 Å². The van der Waals surface area contributed by atoms with Crippen LogP contribution in [0, 0.1) is 6.92 Å². The Morgan fingerprint density at radius 3 is 2.55 bits per heavy atom. The number of H-pyrrole nitrogens is 1. The van der Waals surface area contributed by atoms with Crippen LogP contribution < -0.4 is 10.2 Å². The maximum absolute atomic E-state index is 14.2. The maximum Gasteiger partial charge on any atom is 0.332 e. The summed E-state index contributed by atoms with van der Waals surface area (Å²) in [6.45, 7) is 2.20. The van der Waals surface area contributed by atoms with Gasteiger partial charge in [0.15, 0.2) is 0 Å². The van der Waals surface area contributed by atoms with Crippen molar-refractivity contribution in [3.8, 4) is 0 Å². The number of rotatable bonds is 5. The van der Waals surface area contributed by atoms with E-state index in [1.54, 1.807) is 41.3 Å². The van der Waals surface area contributed by atoms with Crippen molar-refractivity contribution in [3.63, 3.8) is 0 Å². The van der Waals surface area contributed by atoms with Crippen molar-refractivity contribution in [1.82, 2.24) is 15.2 Å². The quantitative estimate of drug-likeness (QED) is 0.294. The molecule has 0 saturated carbocycles. The topological polar surface area (TPSA) is 98.6 Å². The molecule has 2 aliphatic rings. The summed E-state index contributed by atoms with van der Waals surface area (Å²) in [4.78, 5) is 47.9. The molecule has 1 saturated heterocycles. The highest BCUT2D eigenvalue weighted by molar-refractivity contribution is 6.24. The van der Waals surface area contributed by atoms with Gasteiger partial charge in [-0.05, 0) is 48.4 Å². The zero-order valence-corrected chi connectivity index (χ0v) is 21.8. The Balaban J connectivity index is 1.30. The van der Waals surface area contributed by atoms with E-state index >= 15 is 0 Å². The zero-order chi connectivity index (χ0) is 27.4. The number of carbonyl (C=O) groups excluding carboxylic acids is 3. The van der Waals surface area contributed by atoms with Gasteiger partial charge in [0.25, 0.3) is 11.8 Å². The van der Waals surface area contributed by atoms with Crippen LogP contribution in [-0.2, 0) is 17.8 Å². The molecule has 1 unspecified atom stereocenters. The van der Waals surface area contributed by atoms with Gasteiger partial charge in [-0.1, -0.05) is 60.2 Å². The van der Waals surface area contributed by atoms with Crippen LogP contribution in [0.15, 0.2) is 95.6 Å². The summed E-state index contributed by atoms with van der Waals surface area (Å²) < 4.78 is 5.32. The number of furan rings is 1. The van der Waals surface area contributed by atoms with E-state index in [2.05, 4.69) is 10.3 Å². The largest absolute Gasteiger partial charge is 0.467 e. The Bertz CT molecular complexity index is 1770. The summed E-state index contributed by atoms with van der Waals surface area (Å²) in [7, 11) is 0. The second kappa shape index (κ2) is 9.27. The number of imide groups is 1. The lowest BCUT2D eigenvalue weighted by atomic mass is 9.88. The Morgan fingerprint density at radius 1 is 0.975 bits per heavy atom. The van der Waals surface area contributed by atoms with Gasteiger partial charge in [0.1, 0.15) is 17.8 Å². The van der Waals surface area contributed by atoms with Crippen LogP contribution in [0.2, 0.25) is 0 Å². The summed E-state index contributed by atoms with van der Waals surface area (Å²) >= 11 is 0. The van der Waals surface area contributed by atoms with E-state index in [1.165, 1.54) is 11.2 Å². The maximum atomic E-state index is 14.2. The number of fused-ring (bicyclic) bond motifs is 4. The first-order valence-electron chi connectivity index (χ1n) is 13.2. The first kappa shape index (κ1) is 24.0. The number of anilines is 1. The molecule has 198 valence electrons. The molecule has 0 aliphatic carbocycles. The number of hydrogen-bond acceptors (Lipinski definition) is 4. The number of para-hydroxylation sites is 2. The third-order valence-corrected chi connectivity index (χ3v) is 7.84. The molecule has 2 N–H and O–H groups in total. The molecule has 4 heterocycles. The molecular formula is C32H26N4O4. The molecule has 8 nitrogen and oxygen atoms in total. The van der Waals surface area contributed by atoms with E-state index in [0.29, 0.717) is 12.2 Å². The lowest BCUT2D eigenvalue weighted by molar-refractivity contribution is -0.120. The van der Waals surface area contributed by atoms with Crippen LogP contribution in [0.4, 0.5) is 10.5 Å². The molecule has 3 aromatic carbocycles. The van der Waals surface area contributed by atoms with Crippen molar-refractivity contribution in [3.05, 3.63) is 125 Å². The molecule has 0 bridgehead atoms. The average Bonchev–Trinajstić information content (AvgIpc) is 3.69. The van der Waals surface area contributed by atoms with E-state index in [9.17, 15) is 14.4 Å². The Morgan fingerprint density at radius 2 is 1.75 bits per heavy atom. The summed E-state index contributed by atoms with van der Waals surface area (Å²) in [6, 6.07) is 24.6. The van der Waals surface area contributed by atoms with Crippen LogP contribution in [0.25, 0.3) is 10.9 Å². The number of nitrogens with zero attached hydrogens (tertiary/aromatic N) is 2. The Kier molecular flexibility index (Phi) is 5.55. The predicted molar refractivity (Wildman–Crippen MR) is 150 cm³/mol. The highest BCUT2D eigenvalue weighted by Gasteiger charge is 2.53. The molecule has 2 aliphatic heterocycles. The SMILES string of the molecule is Cc1ccc(C2c3[nH]c4ccccc4c3C[C@H]3C(=O)N(c4ccccc4C(=O)NCc4ccco4)C(=O)N23)cc1. The lowest BCUT2D eigenvalue weighted by Gasteiger charge is -2.36. The van der Waals surface area contributed by atoms with Gasteiger partial charge in [-0.25, -0.2) is 9.69 Å². The Hall–Kier alpha value is -5.11. The predicted octanol–water partition coefficient (Wildman–Crippen LogP) is 5.48. The number of urea groups is 1. The smallest absolute Gasteiger partial charge is 0.332 e. The highest BCUT2D eigenvalue weighted by atomic mass is 16.3. The van der Waals surface area contributed by atoms with Gasteiger partial charge in [-0.2, -0.15) is 0 Å². The van der Waals surface area contributed by atoms with Crippen molar-refractivity contribution >= 4 is 34.4 Å². The van der Waals surface area contributed by atoms with Crippen LogP contribution >= 0.6 is 0 Å². The number of amides is 4. The molecule has 8 heteroatoms. The van der Waals surface area contributed by atoms with Crippen molar-refractivity contribution < 1.29 is 18.8 Å². The van der Waals surface area contributed by atoms with Gasteiger partial charge in [-0.15, -0.1) is 0 Å². The molecule has 5 aromatic rings. The fourth-order valence-electron chi connectivity index (χ4n) is 5.93. The van der Waals surface area contributed by atoms with Crippen LogP contribution in [-0.4, -0.2) is 33.8 Å². The van der Waals surface area contributed by atoms with Crippen LogP contribution in [0.1, 0.15) is 44.5 Å². The molecule has 7 rings (SSSR count). The van der Waals surface area contributed by atoms with Gasteiger partial charge >= 0.3 is 6.03 Å². The number of hydrogen-bond donors (Lipinski definition) is 2. The van der Waals surface area contributed by atoms with Gasteiger partial charge in [0, 0.05) is 23.0 Å². The van der Waals surface area contributed by atoms with E-state index in [1.807, 2.05) is 55.5 Å². The van der Waals surface area contributed by atoms with Gasteiger partial charge in [-0.3, -0.25) is 14.5 Å². The number of carbonyl (C=O) groups is 3. The number of aromatic nitrogens is 1. The summed E-state index contributed by atoms with van der Waals surface area (Å²) in [5.74, 6) is -0.140. The first-order chi connectivity index (χ1) is 19.5. The molecule has 40 heavy (non-hydrogen) atoms. The zero-order valence-electron chi connectivity index (χ0n) is 21.8. The molecular weight excluding hydrogens is 504 g/mol. The van der Waals surface area contributed by atoms with Crippen LogP contribution in [0.3, 0.4) is 0 Å². The summed E-state index contributed by atoms with van der Waals surface area (Å²) in [5, 5.41) is 3.87. The van der Waals surface area contributed by atoms with E-state index in [-0.39, 0.29) is 23.7 Å². The van der Waals surface area contributed by atoms with Crippen molar-refractivity contribution in [2.75, 3.05) is 4.90 Å². The van der Waals surface area contributed by atoms with Crippen molar-refractivity contribution in [2.45, 2.75) is 32.0 Å². The summed E-state index contributed by atoms with van der Waals surface area (Å²) in [5.41, 5.74) is 5.44. The lowest BCUT2D eigenvalue weighted by Crippen LogP contribution is -2.44. The molecule has 1 fully saturated rings. The van der Waals surface area contributed by atoms with Crippen LogP contribution in [0.5, 0.6) is 0 Å². The standard InChI is InChI=1S/C32H26N4O4/c1-19-12-14-20(15-13-19)29-28-24(22-8-2-4-10-25(22)34-28)17-27-31(38)36(32(39)35(27)29)26-11-5-3-9-23(26)30(37)33-18-21-7-6-16-40-21/h2-16,27,29,34H,17-18H2,1H3,(H,33,37)/t27-,29?/m0/s1. The summed E-state index contributed by atoms with van der Waals surface area (Å²) in [6.07, 6.45) is 1.92. The number of nitrogens with one attached hydrogen (secondary N) is 2. The third-order valence-electron chi connectivity index (χ3n) is 7.84. The highest BCUT2D eigenvalue weighted by Crippen LogP contribution is 2.45. The van der Waals surface area contributed by atoms with Gasteiger partial charge in [0.05, 0.1) is 24.1 Å². The van der Waals surface area contributed by atoms with Gasteiger partial charge < -0.3 is 14.7 Å². The second-order valence-corrected chi connectivity index (χ2v) is 10.2. The molecule has 2 aromatic heterocycles. The van der Waals surface area contributed by atoms with Crippen molar-refractivity contribution in [2.24, 2.45) is 0 Å².